The average Bonchev–Trinajstić information content (AvgIpc) is 2.61. The molecule has 2 aromatic heterocycles. The number of pyridine rings is 1. The zero-order valence-electron chi connectivity index (χ0n) is 13.0. The molecule has 2 heterocycles. The highest BCUT2D eigenvalue weighted by molar-refractivity contribution is 5.71. The van der Waals surface area contributed by atoms with E-state index in [4.69, 9.17) is 9.47 Å². The van der Waals surface area contributed by atoms with Crippen LogP contribution < -0.4 is 16.0 Å². The van der Waals surface area contributed by atoms with Gasteiger partial charge < -0.3 is 14.5 Å². The van der Waals surface area contributed by atoms with E-state index in [2.05, 4.69) is 9.97 Å². The van der Waals surface area contributed by atoms with Gasteiger partial charge in [0.05, 0.1) is 25.3 Å². The molecule has 0 fully saturated rings. The van der Waals surface area contributed by atoms with Gasteiger partial charge in [0, 0.05) is 6.20 Å². The van der Waals surface area contributed by atoms with E-state index >= 15 is 0 Å². The van der Waals surface area contributed by atoms with Gasteiger partial charge >= 0.3 is 5.69 Å². The van der Waals surface area contributed by atoms with Gasteiger partial charge in [0.2, 0.25) is 0 Å². The molecule has 0 radical (unpaired) electrons. The van der Waals surface area contributed by atoms with E-state index in [0.29, 0.717) is 18.7 Å². The van der Waals surface area contributed by atoms with E-state index in [9.17, 15) is 9.59 Å². The zero-order chi connectivity index (χ0) is 16.8. The molecule has 124 valence electrons. The molecule has 0 atom stereocenters. The Morgan fingerprint density at radius 1 is 1.00 bits per heavy atom. The summed E-state index contributed by atoms with van der Waals surface area (Å²) in [5.74, 6) is 0.773. The standard InChI is InChI=1S/C17H17N3O4/c21-16-15-14(7-4-8-18-15)19-17(22)20(16)9-10-23-11-12-24-13-5-2-1-3-6-13/h1-8H,9-12H2,(H,19,22). The molecule has 7 heteroatoms. The third kappa shape index (κ3) is 3.69. The van der Waals surface area contributed by atoms with Crippen molar-refractivity contribution in [1.82, 2.24) is 14.5 Å². The molecule has 0 saturated carbocycles. The highest BCUT2D eigenvalue weighted by atomic mass is 16.5. The van der Waals surface area contributed by atoms with Gasteiger partial charge in [-0.05, 0) is 24.3 Å². The Morgan fingerprint density at radius 3 is 2.67 bits per heavy atom. The summed E-state index contributed by atoms with van der Waals surface area (Å²) in [5, 5.41) is 0. The largest absolute Gasteiger partial charge is 0.491 e. The number of benzene rings is 1. The van der Waals surface area contributed by atoms with Crippen molar-refractivity contribution in [3.63, 3.8) is 0 Å². The average molecular weight is 327 g/mol. The topological polar surface area (TPSA) is 86.2 Å². The molecular weight excluding hydrogens is 310 g/mol. The van der Waals surface area contributed by atoms with Crippen LogP contribution in [0.25, 0.3) is 11.0 Å². The first kappa shape index (κ1) is 15.9. The first-order valence-electron chi connectivity index (χ1n) is 7.59. The maximum absolute atomic E-state index is 12.3. The van der Waals surface area contributed by atoms with E-state index in [1.807, 2.05) is 30.3 Å². The lowest BCUT2D eigenvalue weighted by Gasteiger charge is -2.08. The fourth-order valence-electron chi connectivity index (χ4n) is 2.28. The highest BCUT2D eigenvalue weighted by Gasteiger charge is 2.07. The van der Waals surface area contributed by atoms with Crippen LogP contribution in [0.3, 0.4) is 0 Å². The summed E-state index contributed by atoms with van der Waals surface area (Å²) in [5.41, 5.74) is -0.214. The van der Waals surface area contributed by atoms with E-state index in [0.717, 1.165) is 10.3 Å². The van der Waals surface area contributed by atoms with Crippen molar-refractivity contribution in [3.05, 3.63) is 69.5 Å². The molecule has 0 amide bonds. The fraction of sp³-hybridized carbons (Fsp3) is 0.235. The highest BCUT2D eigenvalue weighted by Crippen LogP contribution is 2.07. The minimum atomic E-state index is -0.468. The molecule has 3 rings (SSSR count). The smallest absolute Gasteiger partial charge is 0.329 e. The van der Waals surface area contributed by atoms with Crippen molar-refractivity contribution >= 4 is 11.0 Å². The monoisotopic (exact) mass is 327 g/mol. The van der Waals surface area contributed by atoms with Crippen molar-refractivity contribution in [2.75, 3.05) is 19.8 Å². The molecule has 0 spiro atoms. The number of hydrogen-bond acceptors (Lipinski definition) is 5. The number of nitrogens with one attached hydrogen (secondary N) is 1. The predicted molar refractivity (Wildman–Crippen MR) is 89.4 cm³/mol. The number of rotatable bonds is 7. The molecule has 0 unspecified atom stereocenters. The van der Waals surface area contributed by atoms with Gasteiger partial charge in [-0.25, -0.2) is 9.78 Å². The summed E-state index contributed by atoms with van der Waals surface area (Å²) in [6.07, 6.45) is 1.52. The molecule has 0 aliphatic carbocycles. The first-order chi connectivity index (χ1) is 11.8. The Kier molecular flexibility index (Phi) is 5.02. The number of H-pyrrole nitrogens is 1. The van der Waals surface area contributed by atoms with Crippen molar-refractivity contribution in [2.24, 2.45) is 0 Å². The van der Waals surface area contributed by atoms with Gasteiger partial charge in [0.15, 0.2) is 5.52 Å². The van der Waals surface area contributed by atoms with Crippen molar-refractivity contribution < 1.29 is 9.47 Å². The van der Waals surface area contributed by atoms with Crippen LogP contribution in [0.5, 0.6) is 5.75 Å². The lowest BCUT2D eigenvalue weighted by molar-refractivity contribution is 0.0933. The Balaban J connectivity index is 1.53. The van der Waals surface area contributed by atoms with Crippen molar-refractivity contribution in [2.45, 2.75) is 6.54 Å². The quantitative estimate of drug-likeness (QED) is 0.659. The molecule has 1 N–H and O–H groups in total. The number of nitrogens with zero attached hydrogens (tertiary/aromatic N) is 2. The first-order valence-corrected chi connectivity index (χ1v) is 7.59. The number of aromatic nitrogens is 3. The van der Waals surface area contributed by atoms with E-state index in [1.165, 1.54) is 6.20 Å². The second kappa shape index (κ2) is 7.56. The molecule has 24 heavy (non-hydrogen) atoms. The Morgan fingerprint density at radius 2 is 1.83 bits per heavy atom. The number of ether oxygens (including phenoxy) is 2. The van der Waals surface area contributed by atoms with Crippen LogP contribution in [0.1, 0.15) is 0 Å². The van der Waals surface area contributed by atoms with Gasteiger partial charge in [-0.2, -0.15) is 0 Å². The van der Waals surface area contributed by atoms with Crippen molar-refractivity contribution in [3.8, 4) is 5.75 Å². The van der Waals surface area contributed by atoms with Gasteiger partial charge in [-0.15, -0.1) is 0 Å². The van der Waals surface area contributed by atoms with Crippen LogP contribution in [-0.2, 0) is 11.3 Å². The van der Waals surface area contributed by atoms with Crippen LogP contribution in [0.2, 0.25) is 0 Å². The molecule has 0 saturated heterocycles. The maximum atomic E-state index is 12.3. The zero-order valence-corrected chi connectivity index (χ0v) is 13.0. The summed E-state index contributed by atoms with van der Waals surface area (Å²) in [6.45, 7) is 1.16. The van der Waals surface area contributed by atoms with Gasteiger partial charge in [0.25, 0.3) is 5.56 Å². The molecule has 1 aromatic carbocycles. The van der Waals surface area contributed by atoms with E-state index < -0.39 is 11.2 Å². The van der Waals surface area contributed by atoms with Gasteiger partial charge in [-0.3, -0.25) is 9.36 Å². The molecule has 0 aliphatic heterocycles. The predicted octanol–water partition coefficient (Wildman–Crippen LogP) is 1.18. The molecule has 3 aromatic rings. The Labute approximate surface area is 137 Å². The van der Waals surface area contributed by atoms with Gasteiger partial charge in [-0.1, -0.05) is 18.2 Å². The van der Waals surface area contributed by atoms with E-state index in [1.54, 1.807) is 12.1 Å². The maximum Gasteiger partial charge on any atom is 0.329 e. The summed E-state index contributed by atoms with van der Waals surface area (Å²) >= 11 is 0. The summed E-state index contributed by atoms with van der Waals surface area (Å²) in [6, 6.07) is 12.7. The number of para-hydroxylation sites is 1. The van der Waals surface area contributed by atoms with E-state index in [-0.39, 0.29) is 18.7 Å². The molecule has 0 aliphatic rings. The lowest BCUT2D eigenvalue weighted by atomic mass is 10.3. The second-order valence-corrected chi connectivity index (χ2v) is 5.06. The number of fused-ring (bicyclic) bond motifs is 1. The third-order valence-electron chi connectivity index (χ3n) is 3.44. The van der Waals surface area contributed by atoms with Crippen LogP contribution >= 0.6 is 0 Å². The van der Waals surface area contributed by atoms with Crippen LogP contribution in [0, 0.1) is 0 Å². The Bertz CT molecular complexity index is 918. The minimum Gasteiger partial charge on any atom is -0.491 e. The third-order valence-corrected chi connectivity index (χ3v) is 3.44. The normalized spacial score (nSPS) is 10.8. The molecular formula is C17H17N3O4. The molecule has 7 nitrogen and oxygen atoms in total. The second-order valence-electron chi connectivity index (χ2n) is 5.06. The van der Waals surface area contributed by atoms with Crippen LogP contribution in [0.4, 0.5) is 0 Å². The summed E-state index contributed by atoms with van der Waals surface area (Å²) in [4.78, 5) is 30.9. The minimum absolute atomic E-state index is 0.159. The summed E-state index contributed by atoms with van der Waals surface area (Å²) < 4.78 is 12.0. The van der Waals surface area contributed by atoms with Crippen LogP contribution in [0.15, 0.2) is 58.3 Å². The SMILES string of the molecule is O=c1[nH]c2cccnc2c(=O)n1CCOCCOc1ccccc1. The summed E-state index contributed by atoms with van der Waals surface area (Å²) in [7, 11) is 0. The fourth-order valence-corrected chi connectivity index (χ4v) is 2.28. The van der Waals surface area contributed by atoms with Crippen molar-refractivity contribution in [1.29, 1.82) is 0 Å². The molecule has 0 bridgehead atoms. The number of hydrogen-bond donors (Lipinski definition) is 1. The lowest BCUT2D eigenvalue weighted by Crippen LogP contribution is -2.36. The number of aromatic amines is 1. The van der Waals surface area contributed by atoms with Crippen LogP contribution in [-0.4, -0.2) is 34.4 Å². The Hall–Kier alpha value is -2.93. The van der Waals surface area contributed by atoms with Gasteiger partial charge in [0.1, 0.15) is 12.4 Å².